The number of rotatable bonds is 14. The minimum atomic E-state index is -0.998. The van der Waals surface area contributed by atoms with Crippen LogP contribution in [0.15, 0.2) is 158 Å². The molecule has 0 saturated carbocycles. The van der Waals surface area contributed by atoms with Crippen molar-refractivity contribution in [2.45, 2.75) is 38.5 Å². The first-order valence-corrected chi connectivity index (χ1v) is 16.8. The zero-order chi connectivity index (χ0) is 35.0. The van der Waals surface area contributed by atoms with E-state index in [1.54, 1.807) is 0 Å². The van der Waals surface area contributed by atoms with Gasteiger partial charge in [-0.15, -0.1) is 0 Å². The zero-order valence-electron chi connectivity index (χ0n) is 29.9. The Labute approximate surface area is 391 Å². The van der Waals surface area contributed by atoms with Crippen LogP contribution in [0.3, 0.4) is 0 Å². The van der Waals surface area contributed by atoms with Crippen molar-refractivity contribution in [3.63, 3.8) is 0 Å². The predicted octanol–water partition coefficient (Wildman–Crippen LogP) is 2.35. The van der Waals surface area contributed by atoms with E-state index in [0.717, 1.165) is 33.9 Å². The smallest absolute Gasteiger partial charge is 0.550 e. The van der Waals surface area contributed by atoms with E-state index < -0.39 is 11.9 Å². The van der Waals surface area contributed by atoms with Crippen LogP contribution in [0.1, 0.15) is 36.8 Å². The van der Waals surface area contributed by atoms with Gasteiger partial charge in [-0.2, -0.15) is 0 Å². The number of carbonyl (C=O) groups excluding carboxylic acids is 2. The number of carboxylic acid groups (broad SMARTS) is 2. The van der Waals surface area contributed by atoms with Crippen molar-refractivity contribution in [1.29, 1.82) is 0 Å². The van der Waals surface area contributed by atoms with Crippen molar-refractivity contribution < 1.29 is 123 Å². The number of carbonyl (C=O) groups is 2. The van der Waals surface area contributed by atoms with Crippen molar-refractivity contribution in [2.24, 2.45) is 0 Å². The molecule has 0 fully saturated rings. The third-order valence-corrected chi connectivity index (χ3v) is 8.23. The second-order valence-corrected chi connectivity index (χ2v) is 11.9. The second kappa shape index (κ2) is 23.7. The summed E-state index contributed by atoms with van der Waals surface area (Å²) in [5, 5.41) is 28.0. The maximum absolute atomic E-state index is 10.6. The average Bonchev–Trinajstić information content (AvgIpc) is 3.14. The van der Waals surface area contributed by atoms with Gasteiger partial charge < -0.3 is 30.4 Å². The molecule has 0 radical (unpaired) electrons. The fourth-order valence-electron chi connectivity index (χ4n) is 5.63. The molecule has 6 aromatic rings. The molecule has 0 saturated heterocycles. The van der Waals surface area contributed by atoms with Gasteiger partial charge in [0.1, 0.15) is 0 Å². The number of benzene rings is 6. The minimum Gasteiger partial charge on any atom is -0.550 e. The molecule has 6 rings (SSSR count). The largest absolute Gasteiger partial charge is 1.00 e. The third-order valence-electron chi connectivity index (χ3n) is 8.23. The van der Waals surface area contributed by atoms with Gasteiger partial charge in [-0.25, -0.2) is 0 Å². The van der Waals surface area contributed by atoms with Crippen LogP contribution in [0.4, 0.5) is 22.7 Å². The molecule has 0 bridgehead atoms. The van der Waals surface area contributed by atoms with Crippen LogP contribution < -0.4 is 124 Å². The fraction of sp³-hybridized carbons (Fsp3) is 0.136. The Morgan fingerprint density at radius 3 is 1.06 bits per heavy atom. The van der Waals surface area contributed by atoms with Crippen LogP contribution in [0.25, 0.3) is 22.3 Å². The SMILES string of the molecule is O=C([O-])CCCc1ccccc1Nc1ccc(-c2ccccc2)cc1.O=C([O-])CCCc1ccccc1Nc1ccc(-c2ccccc2)cc1.[K+].[K+]. The molecule has 6 aromatic carbocycles. The van der Waals surface area contributed by atoms with Crippen LogP contribution in [0.2, 0.25) is 0 Å². The molecule has 0 spiro atoms. The van der Waals surface area contributed by atoms with Gasteiger partial charge in [0.05, 0.1) is 0 Å². The summed E-state index contributed by atoms with van der Waals surface area (Å²) >= 11 is 0. The summed E-state index contributed by atoms with van der Waals surface area (Å²) in [6.45, 7) is 0. The summed E-state index contributed by atoms with van der Waals surface area (Å²) in [6.07, 6.45) is 2.74. The molecule has 252 valence electrons. The second-order valence-electron chi connectivity index (χ2n) is 11.9. The molecule has 0 amide bonds. The van der Waals surface area contributed by atoms with E-state index in [-0.39, 0.29) is 116 Å². The number of carboxylic acids is 2. The molecule has 8 heteroatoms. The minimum absolute atomic E-state index is 0. The van der Waals surface area contributed by atoms with Gasteiger partial charge in [-0.05, 0) is 108 Å². The van der Waals surface area contributed by atoms with Crippen LogP contribution >= 0.6 is 0 Å². The van der Waals surface area contributed by atoms with E-state index in [4.69, 9.17) is 0 Å². The first kappa shape index (κ1) is 43.5. The Hall–Kier alpha value is -2.87. The van der Waals surface area contributed by atoms with Crippen LogP contribution in [0.5, 0.6) is 0 Å². The topological polar surface area (TPSA) is 104 Å². The van der Waals surface area contributed by atoms with E-state index in [1.165, 1.54) is 22.3 Å². The molecule has 0 heterocycles. The number of aryl methyl sites for hydroxylation is 2. The van der Waals surface area contributed by atoms with Crippen molar-refractivity contribution >= 4 is 34.7 Å². The van der Waals surface area contributed by atoms with Crippen molar-refractivity contribution in [3.05, 3.63) is 169 Å². The Bertz CT molecular complexity index is 1810. The number of anilines is 4. The molecular formula is C44H40K2N2O4. The number of hydrogen-bond donors (Lipinski definition) is 2. The summed E-state index contributed by atoms with van der Waals surface area (Å²) in [5.41, 5.74) is 11.0. The number of nitrogens with one attached hydrogen (secondary N) is 2. The van der Waals surface area contributed by atoms with E-state index >= 15 is 0 Å². The maximum atomic E-state index is 10.6. The molecule has 52 heavy (non-hydrogen) atoms. The van der Waals surface area contributed by atoms with Gasteiger partial charge in [-0.1, -0.05) is 121 Å². The number of aliphatic carboxylic acids is 2. The van der Waals surface area contributed by atoms with E-state index in [1.807, 2.05) is 84.9 Å². The van der Waals surface area contributed by atoms with Crippen LogP contribution in [-0.2, 0) is 22.4 Å². The number of hydrogen-bond acceptors (Lipinski definition) is 6. The zero-order valence-corrected chi connectivity index (χ0v) is 36.1. The molecule has 0 atom stereocenters. The summed E-state index contributed by atoms with van der Waals surface area (Å²) in [5.74, 6) is -2.00. The van der Waals surface area contributed by atoms with Crippen molar-refractivity contribution in [3.8, 4) is 22.3 Å². The van der Waals surface area contributed by atoms with Gasteiger partial charge in [0.15, 0.2) is 0 Å². The molecule has 0 aliphatic heterocycles. The van der Waals surface area contributed by atoms with Gasteiger partial charge in [0.25, 0.3) is 0 Å². The first-order chi connectivity index (χ1) is 24.4. The average molecular weight is 739 g/mol. The normalized spacial score (nSPS) is 10.0. The molecule has 6 nitrogen and oxygen atoms in total. The van der Waals surface area contributed by atoms with Crippen LogP contribution in [0, 0.1) is 0 Å². The predicted molar refractivity (Wildman–Crippen MR) is 199 cm³/mol. The fourth-order valence-corrected chi connectivity index (χ4v) is 5.63. The Kier molecular flexibility index (Phi) is 19.9. The number of para-hydroxylation sites is 2. The molecule has 0 unspecified atom stereocenters. The Balaban J connectivity index is 0.000000270. The molecule has 0 aliphatic carbocycles. The third kappa shape index (κ3) is 14.5. The van der Waals surface area contributed by atoms with Gasteiger partial charge in [0.2, 0.25) is 0 Å². The Morgan fingerprint density at radius 2 is 0.712 bits per heavy atom. The van der Waals surface area contributed by atoms with Gasteiger partial charge >= 0.3 is 103 Å². The summed E-state index contributed by atoms with van der Waals surface area (Å²) in [4.78, 5) is 21.2. The van der Waals surface area contributed by atoms with E-state index in [9.17, 15) is 19.8 Å². The molecule has 2 N–H and O–H groups in total. The van der Waals surface area contributed by atoms with E-state index in [2.05, 4.69) is 83.4 Å². The maximum Gasteiger partial charge on any atom is 1.00 e. The van der Waals surface area contributed by atoms with E-state index in [0.29, 0.717) is 25.7 Å². The van der Waals surface area contributed by atoms with Crippen molar-refractivity contribution in [1.82, 2.24) is 0 Å². The van der Waals surface area contributed by atoms with Gasteiger partial charge in [0, 0.05) is 34.7 Å². The van der Waals surface area contributed by atoms with Crippen molar-refractivity contribution in [2.75, 3.05) is 10.6 Å². The molecule has 0 aromatic heterocycles. The summed E-state index contributed by atoms with van der Waals surface area (Å²) < 4.78 is 0. The summed E-state index contributed by atoms with van der Waals surface area (Å²) in [6, 6.07) is 53.1. The standard InChI is InChI=1S/2C22H21NO2.2K/c2*24-22(25)12-6-10-19-9-4-5-11-21(19)23-20-15-13-18(14-16-20)17-7-2-1-3-8-17;;/h2*1-5,7-9,11,13-16,23H,6,10,12H2,(H,24,25);;/q;;2*+1/p-2. The quantitative estimate of drug-likeness (QED) is 0.167. The Morgan fingerprint density at radius 1 is 0.404 bits per heavy atom. The molecule has 0 aliphatic rings. The van der Waals surface area contributed by atoms with Gasteiger partial charge in [-0.3, -0.25) is 0 Å². The first-order valence-electron chi connectivity index (χ1n) is 16.8. The van der Waals surface area contributed by atoms with Crippen LogP contribution in [-0.4, -0.2) is 11.9 Å². The molecular weight excluding hydrogens is 699 g/mol. The monoisotopic (exact) mass is 738 g/mol. The summed E-state index contributed by atoms with van der Waals surface area (Å²) in [7, 11) is 0.